The van der Waals surface area contributed by atoms with Gasteiger partial charge in [-0.25, -0.2) is 0 Å². The van der Waals surface area contributed by atoms with Gasteiger partial charge in [0, 0.05) is 32.7 Å². The zero-order valence-corrected chi connectivity index (χ0v) is 30.3. The van der Waals surface area contributed by atoms with Crippen LogP contribution in [0, 0.1) is 11.3 Å². The summed E-state index contributed by atoms with van der Waals surface area (Å²) in [6, 6.07) is 7.19. The topological polar surface area (TPSA) is 126 Å². The van der Waals surface area contributed by atoms with Crippen molar-refractivity contribution in [3.05, 3.63) is 35.9 Å². The first-order valence-corrected chi connectivity index (χ1v) is 18.0. The molecule has 11 nitrogen and oxygen atoms in total. The highest BCUT2D eigenvalue weighted by molar-refractivity contribution is 5.91. The molecule has 0 saturated carbocycles. The normalized spacial score (nSPS) is 24.3. The van der Waals surface area contributed by atoms with Crippen molar-refractivity contribution in [2.75, 3.05) is 46.8 Å². The molecule has 3 heterocycles. The summed E-state index contributed by atoms with van der Waals surface area (Å²) >= 11 is 0. The van der Waals surface area contributed by atoms with Crippen LogP contribution in [0.25, 0.3) is 0 Å². The number of amides is 4. The molecule has 3 aliphatic heterocycles. The lowest BCUT2D eigenvalue weighted by molar-refractivity contribution is -0.144. The Hall–Kier alpha value is -3.02. The molecule has 3 fully saturated rings. The maximum atomic E-state index is 14.2. The number of nitrogens with zero attached hydrogens (tertiary/aromatic N) is 4. The van der Waals surface area contributed by atoms with Gasteiger partial charge in [0.2, 0.25) is 23.6 Å². The predicted octanol–water partition coefficient (Wildman–Crippen LogP) is 2.79. The van der Waals surface area contributed by atoms with E-state index < -0.39 is 23.6 Å². The van der Waals surface area contributed by atoms with Crippen LogP contribution in [0.4, 0.5) is 0 Å². The molecule has 1 aromatic carbocycles. The maximum Gasteiger partial charge on any atom is 0.245 e. The number of benzene rings is 1. The highest BCUT2D eigenvalue weighted by atomic mass is 16.3. The first-order valence-electron chi connectivity index (χ1n) is 18.0. The minimum Gasteiger partial charge on any atom is -0.387 e. The van der Waals surface area contributed by atoms with Gasteiger partial charge in [0.05, 0.1) is 18.2 Å². The van der Waals surface area contributed by atoms with Gasteiger partial charge in [-0.2, -0.15) is 0 Å². The molecule has 0 aromatic heterocycles. The second kappa shape index (κ2) is 16.6. The van der Waals surface area contributed by atoms with Crippen LogP contribution < -0.4 is 10.6 Å². The molecule has 0 bridgehead atoms. The van der Waals surface area contributed by atoms with Gasteiger partial charge < -0.3 is 25.5 Å². The average Bonchev–Trinajstić information content (AvgIpc) is 3.74. The molecule has 0 spiro atoms. The Balaban J connectivity index is 1.41. The van der Waals surface area contributed by atoms with Gasteiger partial charge in [-0.1, -0.05) is 71.4 Å². The van der Waals surface area contributed by atoms with Crippen LogP contribution in [0.2, 0.25) is 0 Å². The highest BCUT2D eigenvalue weighted by Gasteiger charge is 2.43. The Morgan fingerprint density at radius 2 is 1.54 bits per heavy atom. The van der Waals surface area contributed by atoms with Gasteiger partial charge in [-0.15, -0.1) is 0 Å². The minimum atomic E-state index is -0.821. The number of aliphatic hydroxyl groups is 1. The molecule has 268 valence electrons. The number of likely N-dealkylation sites (tertiary alicyclic amines) is 3. The molecular formula is C37H60N6O5. The third-order valence-corrected chi connectivity index (χ3v) is 10.7. The molecule has 4 rings (SSSR count). The standard InChI is InChI=1S/C37H60N6O5/c1-25(2)30(41(7)36(48)32(37(3,4)5)39-34(46)27-17-11-12-20-40(27)6)24-42-21-13-19-29(42)35(47)43-22-14-18-28(43)33(45)38-23-31(44)26-15-9-8-10-16-26/h8-10,15-16,25,27-32,44H,11-14,17-24H2,1-7H3,(H,38,45)(H,39,46)/t27?,28?,29?,30-,31-,32?/m1/s1. The second-order valence-corrected chi connectivity index (χ2v) is 15.6. The van der Waals surface area contributed by atoms with Crippen molar-refractivity contribution in [2.24, 2.45) is 11.3 Å². The number of hydrogen-bond acceptors (Lipinski definition) is 7. The van der Waals surface area contributed by atoms with Crippen LogP contribution in [-0.4, -0.2) is 125 Å². The van der Waals surface area contributed by atoms with Crippen molar-refractivity contribution < 1.29 is 24.3 Å². The molecule has 4 amide bonds. The lowest BCUT2D eigenvalue weighted by Crippen LogP contribution is -2.61. The van der Waals surface area contributed by atoms with Gasteiger partial charge in [-0.05, 0) is 75.6 Å². The van der Waals surface area contributed by atoms with E-state index in [9.17, 15) is 24.3 Å². The average molecular weight is 669 g/mol. The summed E-state index contributed by atoms with van der Waals surface area (Å²) in [4.78, 5) is 62.7. The number of rotatable bonds is 12. The fourth-order valence-corrected chi connectivity index (χ4v) is 7.61. The number of carbonyl (C=O) groups is 4. The number of carbonyl (C=O) groups excluding carboxylic acids is 4. The lowest BCUT2D eigenvalue weighted by Gasteiger charge is -2.41. The smallest absolute Gasteiger partial charge is 0.245 e. The van der Waals surface area contributed by atoms with Crippen molar-refractivity contribution in [1.29, 1.82) is 0 Å². The van der Waals surface area contributed by atoms with E-state index in [-0.39, 0.29) is 54.2 Å². The highest BCUT2D eigenvalue weighted by Crippen LogP contribution is 2.28. The van der Waals surface area contributed by atoms with Crippen LogP contribution in [0.3, 0.4) is 0 Å². The molecule has 1 aromatic rings. The van der Waals surface area contributed by atoms with E-state index in [0.29, 0.717) is 25.9 Å². The molecule has 4 unspecified atom stereocenters. The van der Waals surface area contributed by atoms with E-state index in [1.54, 1.807) is 9.80 Å². The quantitative estimate of drug-likeness (QED) is 0.313. The largest absolute Gasteiger partial charge is 0.387 e. The number of nitrogens with one attached hydrogen (secondary N) is 2. The van der Waals surface area contributed by atoms with Gasteiger partial charge in [0.25, 0.3) is 0 Å². The molecule has 6 atom stereocenters. The summed E-state index contributed by atoms with van der Waals surface area (Å²) in [6.07, 6.45) is 4.95. The van der Waals surface area contributed by atoms with Crippen LogP contribution >= 0.6 is 0 Å². The monoisotopic (exact) mass is 668 g/mol. The first kappa shape index (κ1) is 37.8. The Morgan fingerprint density at radius 1 is 0.896 bits per heavy atom. The van der Waals surface area contributed by atoms with Crippen LogP contribution in [0.5, 0.6) is 0 Å². The molecule has 0 aliphatic carbocycles. The van der Waals surface area contributed by atoms with Crippen LogP contribution in [0.15, 0.2) is 30.3 Å². The zero-order chi connectivity index (χ0) is 35.2. The van der Waals surface area contributed by atoms with Gasteiger partial charge in [0.15, 0.2) is 0 Å². The predicted molar refractivity (Wildman–Crippen MR) is 187 cm³/mol. The summed E-state index contributed by atoms with van der Waals surface area (Å²) in [5.74, 6) is -0.382. The maximum absolute atomic E-state index is 14.2. The van der Waals surface area contributed by atoms with E-state index in [1.807, 2.05) is 65.2 Å². The molecule has 3 N–H and O–H groups in total. The Morgan fingerprint density at radius 3 is 2.19 bits per heavy atom. The van der Waals surface area contributed by atoms with E-state index in [0.717, 1.165) is 50.8 Å². The van der Waals surface area contributed by atoms with Crippen LogP contribution in [0.1, 0.15) is 91.2 Å². The Kier molecular flexibility index (Phi) is 13.1. The van der Waals surface area contributed by atoms with E-state index >= 15 is 0 Å². The molecule has 3 saturated heterocycles. The summed E-state index contributed by atoms with van der Waals surface area (Å²) in [5, 5.41) is 16.5. The second-order valence-electron chi connectivity index (χ2n) is 15.6. The number of aliphatic hydroxyl groups excluding tert-OH is 1. The van der Waals surface area contributed by atoms with Gasteiger partial charge >= 0.3 is 0 Å². The number of likely N-dealkylation sites (N-methyl/N-ethyl adjacent to an activating group) is 2. The van der Waals surface area contributed by atoms with Crippen molar-refractivity contribution in [3.8, 4) is 0 Å². The molecule has 3 aliphatic rings. The number of piperidine rings is 1. The van der Waals surface area contributed by atoms with Crippen molar-refractivity contribution in [1.82, 2.24) is 30.2 Å². The minimum absolute atomic E-state index is 0.0401. The number of hydrogen-bond donors (Lipinski definition) is 3. The first-order chi connectivity index (χ1) is 22.7. The SMILES string of the molecule is CC(C)[C@@H](CN1CCCC1C(=O)N1CCCC1C(=O)NC[C@@H](O)c1ccccc1)N(C)C(=O)C(NC(=O)C1CCCCN1C)C(C)(C)C. The summed E-state index contributed by atoms with van der Waals surface area (Å²) in [6.45, 7) is 12.9. The summed E-state index contributed by atoms with van der Waals surface area (Å²) in [5.41, 5.74) is 0.236. The fourth-order valence-electron chi connectivity index (χ4n) is 7.61. The molecule has 11 heteroatoms. The summed E-state index contributed by atoms with van der Waals surface area (Å²) in [7, 11) is 3.79. The fraction of sp³-hybridized carbons (Fsp3) is 0.730. The van der Waals surface area contributed by atoms with Gasteiger partial charge in [-0.3, -0.25) is 29.0 Å². The van der Waals surface area contributed by atoms with Crippen LogP contribution in [-0.2, 0) is 19.2 Å². The Bertz CT molecular complexity index is 1250. The molecule has 48 heavy (non-hydrogen) atoms. The summed E-state index contributed by atoms with van der Waals surface area (Å²) < 4.78 is 0. The lowest BCUT2D eigenvalue weighted by atomic mass is 9.84. The van der Waals surface area contributed by atoms with E-state index in [4.69, 9.17) is 0 Å². The Labute approximate surface area is 287 Å². The molecule has 0 radical (unpaired) electrons. The van der Waals surface area contributed by atoms with Crippen molar-refractivity contribution in [2.45, 2.75) is 116 Å². The zero-order valence-electron chi connectivity index (χ0n) is 30.3. The van der Waals surface area contributed by atoms with Gasteiger partial charge in [0.1, 0.15) is 12.1 Å². The van der Waals surface area contributed by atoms with E-state index in [2.05, 4.69) is 34.3 Å². The van der Waals surface area contributed by atoms with E-state index in [1.165, 1.54) is 0 Å². The van der Waals surface area contributed by atoms with Crippen molar-refractivity contribution in [3.63, 3.8) is 0 Å². The third kappa shape index (κ3) is 9.15. The third-order valence-electron chi connectivity index (χ3n) is 10.7. The van der Waals surface area contributed by atoms with Crippen molar-refractivity contribution >= 4 is 23.6 Å². The molecular weight excluding hydrogens is 608 g/mol.